The first kappa shape index (κ1) is 20.0. The quantitative estimate of drug-likeness (QED) is 0.638. The van der Waals surface area contributed by atoms with Crippen LogP contribution in [0.15, 0.2) is 47.5 Å². The predicted molar refractivity (Wildman–Crippen MR) is 118 cm³/mol. The number of nitrogens with zero attached hydrogens (tertiary/aromatic N) is 1. The van der Waals surface area contributed by atoms with Gasteiger partial charge in [-0.2, -0.15) is 0 Å². The number of ether oxygens (including phenoxy) is 1. The summed E-state index contributed by atoms with van der Waals surface area (Å²) < 4.78 is 5.79. The molecule has 1 saturated carbocycles. The summed E-state index contributed by atoms with van der Waals surface area (Å²) in [6.45, 7) is 5.70. The van der Waals surface area contributed by atoms with Crippen molar-refractivity contribution >= 4 is 29.1 Å². The average molecular weight is 411 g/mol. The second-order valence-electron chi connectivity index (χ2n) is 9.04. The number of hydrogen-bond acceptors (Lipinski definition) is 4. The third-order valence-corrected chi connectivity index (χ3v) is 6.17. The zero-order valence-corrected chi connectivity index (χ0v) is 17.9. The van der Waals surface area contributed by atoms with Crippen LogP contribution in [0.3, 0.4) is 0 Å². The number of benzene rings is 2. The number of nitrogens with two attached hydrogens (primary N) is 1. The SMILES string of the molecule is CC(C)(C)OC(=O)C1CCCCC12C(N)=Nc1ccc(-c3cccc(Cl)c3)cc12. The van der Waals surface area contributed by atoms with Gasteiger partial charge in [0.05, 0.1) is 17.0 Å². The maximum atomic E-state index is 13.2. The summed E-state index contributed by atoms with van der Waals surface area (Å²) in [5, 5.41) is 0.692. The molecule has 0 saturated heterocycles. The number of carbonyl (C=O) groups is 1. The highest BCUT2D eigenvalue weighted by Gasteiger charge is 2.53. The minimum Gasteiger partial charge on any atom is -0.460 e. The van der Waals surface area contributed by atoms with E-state index in [2.05, 4.69) is 11.1 Å². The van der Waals surface area contributed by atoms with Crippen LogP contribution in [0, 0.1) is 5.92 Å². The minimum absolute atomic E-state index is 0.184. The summed E-state index contributed by atoms with van der Waals surface area (Å²) >= 11 is 6.20. The maximum absolute atomic E-state index is 13.2. The van der Waals surface area contributed by atoms with Crippen LogP contribution in [-0.2, 0) is 14.9 Å². The Balaban J connectivity index is 1.81. The monoisotopic (exact) mass is 410 g/mol. The Morgan fingerprint density at radius 1 is 1.17 bits per heavy atom. The van der Waals surface area contributed by atoms with Gasteiger partial charge in [0.1, 0.15) is 11.4 Å². The molecule has 1 fully saturated rings. The van der Waals surface area contributed by atoms with Gasteiger partial charge in [0.25, 0.3) is 0 Å². The van der Waals surface area contributed by atoms with Crippen molar-refractivity contribution in [3.8, 4) is 11.1 Å². The fraction of sp³-hybridized carbons (Fsp3) is 0.417. The second kappa shape index (κ2) is 7.17. The van der Waals surface area contributed by atoms with E-state index in [0.717, 1.165) is 48.1 Å². The van der Waals surface area contributed by atoms with E-state index < -0.39 is 11.0 Å². The van der Waals surface area contributed by atoms with E-state index in [1.54, 1.807) is 0 Å². The topological polar surface area (TPSA) is 64.7 Å². The van der Waals surface area contributed by atoms with Gasteiger partial charge >= 0.3 is 5.97 Å². The number of fused-ring (bicyclic) bond motifs is 2. The lowest BCUT2D eigenvalue weighted by Crippen LogP contribution is -2.51. The first-order valence-electron chi connectivity index (χ1n) is 10.2. The largest absolute Gasteiger partial charge is 0.460 e. The molecule has 2 atom stereocenters. The Morgan fingerprint density at radius 2 is 1.93 bits per heavy atom. The number of esters is 1. The number of hydrogen-bond donors (Lipinski definition) is 1. The molecule has 2 N–H and O–H groups in total. The molecule has 0 radical (unpaired) electrons. The van der Waals surface area contributed by atoms with E-state index in [1.165, 1.54) is 0 Å². The molecule has 1 aliphatic carbocycles. The zero-order valence-electron chi connectivity index (χ0n) is 17.2. The molecule has 2 aliphatic rings. The van der Waals surface area contributed by atoms with Crippen LogP contribution in [-0.4, -0.2) is 17.4 Å². The smallest absolute Gasteiger partial charge is 0.310 e. The molecular weight excluding hydrogens is 384 g/mol. The number of aliphatic imine (C=N–C) groups is 1. The lowest BCUT2D eigenvalue weighted by atomic mass is 9.62. The van der Waals surface area contributed by atoms with E-state index in [4.69, 9.17) is 22.1 Å². The van der Waals surface area contributed by atoms with Crippen molar-refractivity contribution in [2.24, 2.45) is 16.6 Å². The summed E-state index contributed by atoms with van der Waals surface area (Å²) in [7, 11) is 0. The molecule has 1 heterocycles. The third-order valence-electron chi connectivity index (χ3n) is 5.93. The summed E-state index contributed by atoms with van der Waals surface area (Å²) in [5.41, 5.74) is 9.35. The third kappa shape index (κ3) is 3.55. The van der Waals surface area contributed by atoms with Gasteiger partial charge < -0.3 is 10.5 Å². The fourth-order valence-electron chi connectivity index (χ4n) is 4.70. The first-order valence-corrected chi connectivity index (χ1v) is 10.6. The first-order chi connectivity index (χ1) is 13.7. The van der Waals surface area contributed by atoms with Crippen LogP contribution >= 0.6 is 11.6 Å². The van der Waals surface area contributed by atoms with Crippen LogP contribution in [0.25, 0.3) is 11.1 Å². The Hall–Kier alpha value is -2.33. The van der Waals surface area contributed by atoms with Crippen molar-refractivity contribution in [3.05, 3.63) is 53.1 Å². The molecule has 5 heteroatoms. The van der Waals surface area contributed by atoms with Crippen LogP contribution in [0.4, 0.5) is 5.69 Å². The Morgan fingerprint density at radius 3 is 2.66 bits per heavy atom. The molecule has 2 aromatic carbocycles. The van der Waals surface area contributed by atoms with E-state index in [1.807, 2.05) is 57.2 Å². The Labute approximate surface area is 177 Å². The molecular formula is C24H27ClN2O2. The molecule has 1 aliphatic heterocycles. The summed E-state index contributed by atoms with van der Waals surface area (Å²) in [5.74, 6) is 0.0257. The summed E-state index contributed by atoms with van der Waals surface area (Å²) in [4.78, 5) is 17.9. The van der Waals surface area contributed by atoms with Crippen molar-refractivity contribution in [2.45, 2.75) is 57.5 Å². The maximum Gasteiger partial charge on any atom is 0.310 e. The summed E-state index contributed by atoms with van der Waals surface area (Å²) in [6.07, 6.45) is 3.56. The van der Waals surface area contributed by atoms with Gasteiger partial charge in [-0.3, -0.25) is 4.79 Å². The number of halogens is 1. The van der Waals surface area contributed by atoms with Gasteiger partial charge in [0, 0.05) is 5.02 Å². The van der Waals surface area contributed by atoms with Crippen molar-refractivity contribution < 1.29 is 9.53 Å². The highest BCUT2D eigenvalue weighted by atomic mass is 35.5. The second-order valence-corrected chi connectivity index (χ2v) is 9.48. The van der Waals surface area contributed by atoms with Crippen molar-refractivity contribution in [1.82, 2.24) is 0 Å². The van der Waals surface area contributed by atoms with Gasteiger partial charge in [0.2, 0.25) is 0 Å². The minimum atomic E-state index is -0.593. The van der Waals surface area contributed by atoms with E-state index >= 15 is 0 Å². The van der Waals surface area contributed by atoms with Gasteiger partial charge in [-0.25, -0.2) is 4.99 Å². The molecule has 0 aromatic heterocycles. The number of rotatable bonds is 2. The van der Waals surface area contributed by atoms with Gasteiger partial charge in [-0.15, -0.1) is 0 Å². The summed E-state index contributed by atoms with van der Waals surface area (Å²) in [6, 6.07) is 13.9. The van der Waals surface area contributed by atoms with Crippen LogP contribution < -0.4 is 5.73 Å². The van der Waals surface area contributed by atoms with Crippen LogP contribution in [0.2, 0.25) is 5.02 Å². The van der Waals surface area contributed by atoms with Crippen molar-refractivity contribution in [2.75, 3.05) is 0 Å². The molecule has 2 aromatic rings. The van der Waals surface area contributed by atoms with E-state index in [9.17, 15) is 4.79 Å². The van der Waals surface area contributed by atoms with Crippen molar-refractivity contribution in [3.63, 3.8) is 0 Å². The molecule has 0 amide bonds. The van der Waals surface area contributed by atoms with Gasteiger partial charge in [-0.05, 0) is 74.6 Å². The molecule has 4 nitrogen and oxygen atoms in total. The van der Waals surface area contributed by atoms with Gasteiger partial charge in [-0.1, -0.05) is 42.6 Å². The highest BCUT2D eigenvalue weighted by molar-refractivity contribution is 6.30. The van der Waals surface area contributed by atoms with Crippen LogP contribution in [0.1, 0.15) is 52.0 Å². The van der Waals surface area contributed by atoms with E-state index in [0.29, 0.717) is 10.9 Å². The number of carbonyl (C=O) groups excluding carboxylic acids is 1. The average Bonchev–Trinajstić information content (AvgIpc) is 2.92. The molecule has 2 unspecified atom stereocenters. The fourth-order valence-corrected chi connectivity index (χ4v) is 4.89. The molecule has 4 rings (SSSR count). The van der Waals surface area contributed by atoms with Crippen LogP contribution in [0.5, 0.6) is 0 Å². The highest BCUT2D eigenvalue weighted by Crippen LogP contribution is 2.52. The van der Waals surface area contributed by atoms with Gasteiger partial charge in [0.15, 0.2) is 0 Å². The predicted octanol–water partition coefficient (Wildman–Crippen LogP) is 5.78. The molecule has 0 bridgehead atoms. The normalized spacial score (nSPS) is 23.6. The van der Waals surface area contributed by atoms with E-state index in [-0.39, 0.29) is 11.9 Å². The van der Waals surface area contributed by atoms with Crippen molar-refractivity contribution in [1.29, 1.82) is 0 Å². The Kier molecular flexibility index (Phi) is 4.94. The molecule has 29 heavy (non-hydrogen) atoms. The lowest BCUT2D eigenvalue weighted by molar-refractivity contribution is -0.163. The molecule has 152 valence electrons. The molecule has 1 spiro atoms. The zero-order chi connectivity index (χ0) is 20.8. The lowest BCUT2D eigenvalue weighted by Gasteiger charge is -2.41. The number of amidine groups is 1. The Bertz CT molecular complexity index is 993. The standard InChI is InChI=1S/C24H27ClN2O2/c1-23(2,3)29-21(28)18-9-4-5-12-24(18)19-14-16(10-11-20(19)27-22(24)26)15-7-6-8-17(25)13-15/h6-8,10-11,13-14,18H,4-5,9,12H2,1-3H3,(H2,26,27).